The number of pyridine rings is 2. The number of benzene rings is 1. The van der Waals surface area contributed by atoms with Gasteiger partial charge in [-0.25, -0.2) is 4.39 Å². The molecule has 1 unspecified atom stereocenters. The lowest BCUT2D eigenvalue weighted by atomic mass is 9.93. The number of rotatable bonds is 4. The maximum atomic E-state index is 13.2. The first-order valence-corrected chi connectivity index (χ1v) is 9.13. The smallest absolute Gasteiger partial charge is 0.123 e. The summed E-state index contributed by atoms with van der Waals surface area (Å²) in [5, 5.41) is 0. The lowest BCUT2D eigenvalue weighted by molar-refractivity contribution is 0.196. The van der Waals surface area contributed by atoms with E-state index in [9.17, 15) is 4.39 Å². The van der Waals surface area contributed by atoms with Gasteiger partial charge in [0.1, 0.15) is 5.82 Å². The van der Waals surface area contributed by atoms with Crippen LogP contribution in [0.5, 0.6) is 0 Å². The molecule has 0 aliphatic carbocycles. The largest absolute Gasteiger partial charge is 0.297 e. The van der Waals surface area contributed by atoms with Gasteiger partial charge in [0.15, 0.2) is 0 Å². The summed E-state index contributed by atoms with van der Waals surface area (Å²) in [6, 6.07) is 18.8. The predicted octanol–water partition coefficient (Wildman–Crippen LogP) is 4.66. The number of hydrogen-bond acceptors (Lipinski definition) is 3. The van der Waals surface area contributed by atoms with E-state index in [0.29, 0.717) is 5.92 Å². The molecule has 0 radical (unpaired) electrons. The van der Waals surface area contributed by atoms with Crippen molar-refractivity contribution in [1.29, 1.82) is 0 Å². The van der Waals surface area contributed by atoms with E-state index in [1.54, 1.807) is 12.1 Å². The molecule has 0 saturated carbocycles. The minimum Gasteiger partial charge on any atom is -0.297 e. The van der Waals surface area contributed by atoms with E-state index in [-0.39, 0.29) is 5.82 Å². The molecule has 2 aromatic heterocycles. The van der Waals surface area contributed by atoms with Crippen LogP contribution in [0.1, 0.15) is 30.1 Å². The first kappa shape index (κ1) is 16.9. The van der Waals surface area contributed by atoms with Crippen molar-refractivity contribution in [3.8, 4) is 11.3 Å². The Balaban J connectivity index is 1.50. The highest BCUT2D eigenvalue weighted by Gasteiger charge is 2.23. The molecule has 4 rings (SSSR count). The zero-order valence-electron chi connectivity index (χ0n) is 14.7. The fourth-order valence-corrected chi connectivity index (χ4v) is 3.62. The minimum absolute atomic E-state index is 0.220. The average molecular weight is 347 g/mol. The molecule has 1 aliphatic heterocycles. The number of halogens is 1. The Morgan fingerprint density at radius 3 is 2.69 bits per heavy atom. The van der Waals surface area contributed by atoms with E-state index in [1.165, 1.54) is 18.6 Å². The lowest BCUT2D eigenvalue weighted by Crippen LogP contribution is -2.34. The minimum atomic E-state index is -0.220. The van der Waals surface area contributed by atoms with E-state index in [2.05, 4.69) is 28.1 Å². The van der Waals surface area contributed by atoms with Crippen molar-refractivity contribution in [2.45, 2.75) is 25.3 Å². The Morgan fingerprint density at radius 1 is 1.00 bits per heavy atom. The summed E-state index contributed by atoms with van der Waals surface area (Å²) in [5.74, 6) is 0.204. The maximum absolute atomic E-state index is 13.2. The van der Waals surface area contributed by atoms with Crippen molar-refractivity contribution < 1.29 is 4.39 Å². The zero-order chi connectivity index (χ0) is 17.8. The molecular formula is C22H22FN3. The summed E-state index contributed by atoms with van der Waals surface area (Å²) in [6.07, 6.45) is 4.17. The van der Waals surface area contributed by atoms with Crippen LogP contribution in [0, 0.1) is 5.82 Å². The monoisotopic (exact) mass is 347 g/mol. The summed E-state index contributed by atoms with van der Waals surface area (Å²) in [7, 11) is 0. The van der Waals surface area contributed by atoms with Gasteiger partial charge in [0.2, 0.25) is 0 Å². The van der Waals surface area contributed by atoms with Crippen molar-refractivity contribution in [2.75, 3.05) is 13.1 Å². The Hall–Kier alpha value is -2.59. The van der Waals surface area contributed by atoms with Crippen LogP contribution in [0.2, 0.25) is 0 Å². The molecule has 0 N–H and O–H groups in total. The van der Waals surface area contributed by atoms with Crippen LogP contribution in [-0.4, -0.2) is 28.0 Å². The Morgan fingerprint density at radius 2 is 1.88 bits per heavy atom. The van der Waals surface area contributed by atoms with Crippen LogP contribution < -0.4 is 0 Å². The van der Waals surface area contributed by atoms with Gasteiger partial charge in [-0.05, 0) is 67.9 Å². The van der Waals surface area contributed by atoms with Gasteiger partial charge in [0, 0.05) is 36.5 Å². The van der Waals surface area contributed by atoms with Gasteiger partial charge in [0.25, 0.3) is 0 Å². The molecule has 1 fully saturated rings. The van der Waals surface area contributed by atoms with Gasteiger partial charge < -0.3 is 0 Å². The van der Waals surface area contributed by atoms with Gasteiger partial charge >= 0.3 is 0 Å². The molecule has 1 atom stereocenters. The topological polar surface area (TPSA) is 29.0 Å². The Labute approximate surface area is 153 Å². The van der Waals surface area contributed by atoms with Gasteiger partial charge in [-0.1, -0.05) is 12.1 Å². The summed E-state index contributed by atoms with van der Waals surface area (Å²) >= 11 is 0. The van der Waals surface area contributed by atoms with E-state index < -0.39 is 0 Å². The van der Waals surface area contributed by atoms with Crippen LogP contribution >= 0.6 is 0 Å². The zero-order valence-corrected chi connectivity index (χ0v) is 14.7. The van der Waals surface area contributed by atoms with Crippen LogP contribution in [-0.2, 0) is 6.54 Å². The highest BCUT2D eigenvalue weighted by atomic mass is 19.1. The molecule has 1 aromatic carbocycles. The fraction of sp³-hybridized carbons (Fsp3) is 0.273. The molecule has 0 bridgehead atoms. The second-order valence-corrected chi connectivity index (χ2v) is 6.85. The van der Waals surface area contributed by atoms with Gasteiger partial charge in [-0.15, -0.1) is 0 Å². The van der Waals surface area contributed by atoms with Crippen LogP contribution in [0.4, 0.5) is 4.39 Å². The molecule has 26 heavy (non-hydrogen) atoms. The molecule has 132 valence electrons. The maximum Gasteiger partial charge on any atom is 0.123 e. The van der Waals surface area contributed by atoms with Gasteiger partial charge in [0.05, 0.1) is 11.4 Å². The molecule has 1 saturated heterocycles. The molecule has 3 aromatic rings. The lowest BCUT2D eigenvalue weighted by Gasteiger charge is -2.32. The van der Waals surface area contributed by atoms with Crippen LogP contribution in [0.25, 0.3) is 11.3 Å². The molecule has 1 aliphatic rings. The Kier molecular flexibility index (Phi) is 5.02. The summed E-state index contributed by atoms with van der Waals surface area (Å²) in [4.78, 5) is 11.8. The molecular weight excluding hydrogens is 325 g/mol. The van der Waals surface area contributed by atoms with Crippen LogP contribution in [0.3, 0.4) is 0 Å². The SMILES string of the molecule is Fc1ccc(-c2cccc(C3CCCN(Cc4ccccn4)C3)n2)cc1. The second kappa shape index (κ2) is 7.75. The summed E-state index contributed by atoms with van der Waals surface area (Å²) < 4.78 is 13.2. The third-order valence-corrected chi connectivity index (χ3v) is 4.95. The normalized spacial score (nSPS) is 18.0. The fourth-order valence-electron chi connectivity index (χ4n) is 3.62. The number of piperidine rings is 1. The van der Waals surface area contributed by atoms with Crippen molar-refractivity contribution in [3.63, 3.8) is 0 Å². The molecule has 3 nitrogen and oxygen atoms in total. The van der Waals surface area contributed by atoms with Crippen molar-refractivity contribution in [3.05, 3.63) is 84.1 Å². The third-order valence-electron chi connectivity index (χ3n) is 4.95. The second-order valence-electron chi connectivity index (χ2n) is 6.85. The summed E-state index contributed by atoms with van der Waals surface area (Å²) in [6.45, 7) is 2.98. The van der Waals surface area contributed by atoms with Gasteiger partial charge in [-0.2, -0.15) is 0 Å². The number of likely N-dealkylation sites (tertiary alicyclic amines) is 1. The third kappa shape index (κ3) is 3.97. The summed E-state index contributed by atoms with van der Waals surface area (Å²) in [5.41, 5.74) is 4.09. The number of hydrogen-bond donors (Lipinski definition) is 0. The highest BCUT2D eigenvalue weighted by Crippen LogP contribution is 2.28. The highest BCUT2D eigenvalue weighted by molar-refractivity contribution is 5.59. The molecule has 0 spiro atoms. The van der Waals surface area contributed by atoms with E-state index in [0.717, 1.165) is 48.7 Å². The first-order chi connectivity index (χ1) is 12.8. The molecule has 3 heterocycles. The molecule has 4 heteroatoms. The van der Waals surface area contributed by atoms with E-state index in [1.807, 2.05) is 24.4 Å². The predicted molar refractivity (Wildman–Crippen MR) is 101 cm³/mol. The van der Waals surface area contributed by atoms with E-state index in [4.69, 9.17) is 4.98 Å². The van der Waals surface area contributed by atoms with Gasteiger partial charge in [-0.3, -0.25) is 14.9 Å². The number of nitrogens with zero attached hydrogens (tertiary/aromatic N) is 3. The van der Waals surface area contributed by atoms with Crippen molar-refractivity contribution >= 4 is 0 Å². The van der Waals surface area contributed by atoms with E-state index >= 15 is 0 Å². The standard InChI is InChI=1S/C22H22FN3/c23-19-11-9-17(10-12-19)21-7-3-8-22(25-21)18-5-4-14-26(15-18)16-20-6-1-2-13-24-20/h1-3,6-13,18H,4-5,14-16H2. The quantitative estimate of drug-likeness (QED) is 0.687. The first-order valence-electron chi connectivity index (χ1n) is 9.13. The van der Waals surface area contributed by atoms with Crippen molar-refractivity contribution in [2.24, 2.45) is 0 Å². The molecule has 0 amide bonds. The number of aromatic nitrogens is 2. The Bertz CT molecular complexity index is 849. The van der Waals surface area contributed by atoms with Crippen LogP contribution in [0.15, 0.2) is 66.9 Å². The van der Waals surface area contributed by atoms with Crippen molar-refractivity contribution in [1.82, 2.24) is 14.9 Å². The average Bonchev–Trinajstić information content (AvgIpc) is 2.70.